The van der Waals surface area contributed by atoms with Gasteiger partial charge in [-0.3, -0.25) is 14.4 Å². The maximum atomic E-state index is 13.0. The third kappa shape index (κ3) is 68.5. The third-order valence-corrected chi connectivity index (χ3v) is 14.9. The van der Waals surface area contributed by atoms with Crippen LogP contribution in [0.4, 0.5) is 0 Å². The number of hydrogen-bond acceptors (Lipinski definition) is 6. The van der Waals surface area contributed by atoms with Crippen LogP contribution in [0.1, 0.15) is 329 Å². The molecule has 0 aliphatic carbocycles. The lowest BCUT2D eigenvalue weighted by Gasteiger charge is -2.18. The predicted octanol–water partition coefficient (Wildman–Crippen LogP) is 24.3. The van der Waals surface area contributed by atoms with E-state index in [1.165, 1.54) is 154 Å². The standard InChI is InChI=1S/C77H130O6/c1-4-7-10-13-16-19-22-25-28-31-34-36-37-38-39-41-43-46-49-52-55-58-61-64-67-70-76(79)82-73-74(72-81-75(78)69-66-63-60-57-54-51-48-45-42-33-30-27-24-21-18-15-12-9-6-3)83-77(80)71-68-65-62-59-56-53-50-47-44-40-35-32-29-26-23-20-17-14-11-8-5-2/h9,12,18,21-23,25-27,30-32,34-35,37-38,42,44-45,47,74H,4-8,10-11,13-17,19-20,24,28-29,33,36,39-41,43,46,48-73H2,1-3H3/b12-9-,21-18-,25-22-,26-23-,30-27-,34-31-,35-32-,38-37-,45-42-,47-44-. The minimum Gasteiger partial charge on any atom is -0.462 e. The van der Waals surface area contributed by atoms with Gasteiger partial charge < -0.3 is 14.2 Å². The van der Waals surface area contributed by atoms with Crippen molar-refractivity contribution in [3.63, 3.8) is 0 Å². The Morgan fingerprint density at radius 2 is 0.470 bits per heavy atom. The molecule has 0 N–H and O–H groups in total. The molecule has 0 amide bonds. The molecule has 6 nitrogen and oxygen atoms in total. The van der Waals surface area contributed by atoms with Crippen LogP contribution in [0.15, 0.2) is 122 Å². The van der Waals surface area contributed by atoms with Crippen LogP contribution < -0.4 is 0 Å². The third-order valence-electron chi connectivity index (χ3n) is 14.9. The monoisotopic (exact) mass is 1150 g/mol. The van der Waals surface area contributed by atoms with Gasteiger partial charge in [-0.1, -0.05) is 296 Å². The summed E-state index contributed by atoms with van der Waals surface area (Å²) in [6, 6.07) is 0. The molecule has 0 spiro atoms. The normalized spacial score (nSPS) is 12.9. The Kier molecular flexibility index (Phi) is 66.7. The molecule has 0 saturated carbocycles. The number of hydrogen-bond donors (Lipinski definition) is 0. The lowest BCUT2D eigenvalue weighted by atomic mass is 10.1. The zero-order valence-corrected chi connectivity index (χ0v) is 54.4. The first-order valence-corrected chi connectivity index (χ1v) is 35.0. The number of ether oxygens (including phenoxy) is 3. The van der Waals surface area contributed by atoms with Gasteiger partial charge in [-0.05, 0) is 135 Å². The zero-order chi connectivity index (χ0) is 59.9. The summed E-state index contributed by atoms with van der Waals surface area (Å²) in [6.45, 7) is 6.51. The minimum absolute atomic E-state index is 0.0920. The molecule has 6 heteroatoms. The summed E-state index contributed by atoms with van der Waals surface area (Å²) < 4.78 is 17.0. The van der Waals surface area contributed by atoms with Gasteiger partial charge in [0.05, 0.1) is 0 Å². The first-order chi connectivity index (χ1) is 41.0. The number of rotatable bonds is 63. The minimum atomic E-state index is -0.799. The van der Waals surface area contributed by atoms with Gasteiger partial charge in [0, 0.05) is 19.3 Å². The number of carbonyl (C=O) groups excluding carboxylic acids is 3. The molecule has 1 unspecified atom stereocenters. The van der Waals surface area contributed by atoms with Crippen molar-refractivity contribution < 1.29 is 28.6 Å². The van der Waals surface area contributed by atoms with Gasteiger partial charge in [-0.15, -0.1) is 0 Å². The highest BCUT2D eigenvalue weighted by Crippen LogP contribution is 2.16. The Bertz CT molecular complexity index is 1700. The summed E-state index contributed by atoms with van der Waals surface area (Å²) >= 11 is 0. The van der Waals surface area contributed by atoms with Crippen LogP contribution >= 0.6 is 0 Å². The maximum Gasteiger partial charge on any atom is 0.306 e. The molecule has 0 radical (unpaired) electrons. The van der Waals surface area contributed by atoms with Gasteiger partial charge in [0.2, 0.25) is 0 Å². The molecule has 0 heterocycles. The Morgan fingerprint density at radius 3 is 0.735 bits per heavy atom. The van der Waals surface area contributed by atoms with Crippen molar-refractivity contribution in [2.45, 2.75) is 335 Å². The summed E-state index contributed by atoms with van der Waals surface area (Å²) in [7, 11) is 0. The van der Waals surface area contributed by atoms with E-state index in [-0.39, 0.29) is 31.1 Å². The quantitative estimate of drug-likeness (QED) is 0.0261. The Morgan fingerprint density at radius 1 is 0.253 bits per heavy atom. The van der Waals surface area contributed by atoms with Crippen LogP contribution in [0, 0.1) is 0 Å². The van der Waals surface area contributed by atoms with Crippen molar-refractivity contribution in [3.8, 4) is 0 Å². The predicted molar refractivity (Wildman–Crippen MR) is 362 cm³/mol. The molecule has 0 fully saturated rings. The van der Waals surface area contributed by atoms with E-state index in [4.69, 9.17) is 14.2 Å². The van der Waals surface area contributed by atoms with Crippen LogP contribution in [0.3, 0.4) is 0 Å². The molecule has 0 aliphatic heterocycles. The van der Waals surface area contributed by atoms with Crippen molar-refractivity contribution in [1.29, 1.82) is 0 Å². The molecule has 0 aromatic rings. The molecule has 0 aromatic carbocycles. The number of esters is 3. The van der Waals surface area contributed by atoms with E-state index < -0.39 is 6.10 Å². The summed E-state index contributed by atoms with van der Waals surface area (Å²) in [5.74, 6) is -0.913. The van der Waals surface area contributed by atoms with Crippen molar-refractivity contribution >= 4 is 17.9 Å². The molecule has 474 valence electrons. The fraction of sp³-hybridized carbons (Fsp3) is 0.701. The van der Waals surface area contributed by atoms with Gasteiger partial charge in [0.15, 0.2) is 6.10 Å². The van der Waals surface area contributed by atoms with Crippen LogP contribution in [0.25, 0.3) is 0 Å². The smallest absolute Gasteiger partial charge is 0.306 e. The zero-order valence-electron chi connectivity index (χ0n) is 54.4. The van der Waals surface area contributed by atoms with Gasteiger partial charge in [-0.25, -0.2) is 0 Å². The molecule has 0 aromatic heterocycles. The first-order valence-electron chi connectivity index (χ1n) is 35.0. The van der Waals surface area contributed by atoms with E-state index >= 15 is 0 Å². The first kappa shape index (κ1) is 78.8. The van der Waals surface area contributed by atoms with Crippen LogP contribution in [0.5, 0.6) is 0 Å². The molecule has 0 bridgehead atoms. The van der Waals surface area contributed by atoms with E-state index in [9.17, 15) is 14.4 Å². The second-order valence-corrected chi connectivity index (χ2v) is 23.1. The van der Waals surface area contributed by atoms with E-state index in [0.29, 0.717) is 19.3 Å². The van der Waals surface area contributed by atoms with Gasteiger partial charge in [0.1, 0.15) is 13.2 Å². The number of unbranched alkanes of at least 4 members (excludes halogenated alkanes) is 32. The van der Waals surface area contributed by atoms with Gasteiger partial charge in [-0.2, -0.15) is 0 Å². The van der Waals surface area contributed by atoms with Crippen molar-refractivity contribution in [1.82, 2.24) is 0 Å². The summed E-state index contributed by atoms with van der Waals surface area (Å²) in [4.78, 5) is 38.5. The number of allylic oxidation sites excluding steroid dienone is 20. The van der Waals surface area contributed by atoms with Crippen LogP contribution in [-0.4, -0.2) is 37.2 Å². The van der Waals surface area contributed by atoms with Crippen molar-refractivity contribution in [3.05, 3.63) is 122 Å². The number of carbonyl (C=O) groups is 3. The van der Waals surface area contributed by atoms with E-state index in [1.54, 1.807) is 0 Å². The summed E-state index contributed by atoms with van der Waals surface area (Å²) in [5, 5.41) is 0. The Labute approximate surface area is 513 Å². The topological polar surface area (TPSA) is 78.9 Å². The molecule has 0 saturated heterocycles. The Balaban J connectivity index is 4.43. The van der Waals surface area contributed by atoms with Gasteiger partial charge in [0.25, 0.3) is 0 Å². The van der Waals surface area contributed by atoms with Crippen molar-refractivity contribution in [2.24, 2.45) is 0 Å². The fourth-order valence-electron chi connectivity index (χ4n) is 9.68. The summed E-state index contributed by atoms with van der Waals surface area (Å²) in [6.07, 6.45) is 97.8. The van der Waals surface area contributed by atoms with Crippen LogP contribution in [-0.2, 0) is 28.6 Å². The largest absolute Gasteiger partial charge is 0.462 e. The molecule has 83 heavy (non-hydrogen) atoms. The highest BCUT2D eigenvalue weighted by molar-refractivity contribution is 5.71. The second-order valence-electron chi connectivity index (χ2n) is 23.1. The lowest BCUT2D eigenvalue weighted by molar-refractivity contribution is -0.167. The highest BCUT2D eigenvalue weighted by Gasteiger charge is 2.19. The molecule has 0 rings (SSSR count). The van der Waals surface area contributed by atoms with E-state index in [1.807, 2.05) is 0 Å². The molecular weight excluding hydrogens is 1020 g/mol. The van der Waals surface area contributed by atoms with Crippen LogP contribution in [0.2, 0.25) is 0 Å². The molecular formula is C77H130O6. The average molecular weight is 1150 g/mol. The van der Waals surface area contributed by atoms with Crippen molar-refractivity contribution in [2.75, 3.05) is 13.2 Å². The second kappa shape index (κ2) is 70.3. The summed E-state index contributed by atoms with van der Waals surface area (Å²) in [5.41, 5.74) is 0. The maximum absolute atomic E-state index is 13.0. The van der Waals surface area contributed by atoms with Gasteiger partial charge >= 0.3 is 17.9 Å². The SMILES string of the molecule is CC/C=C\C/C=C\C/C=C\C/C=C\CCCCCCCCC(=O)OCC(COC(=O)CCCCCCCCCCCC/C=C\C/C=C\C/C=C\CCCCCCC)OC(=O)CCCCCCCC/C=C\C/C=C\C/C=C\CCCCCCC. The average Bonchev–Trinajstić information content (AvgIpc) is 3.49. The molecule has 1 atom stereocenters. The van der Waals surface area contributed by atoms with E-state index in [2.05, 4.69) is 142 Å². The highest BCUT2D eigenvalue weighted by atomic mass is 16.6. The molecule has 0 aliphatic rings. The van der Waals surface area contributed by atoms with E-state index in [0.717, 1.165) is 135 Å². The Hall–Kier alpha value is -4.19. The fourth-order valence-corrected chi connectivity index (χ4v) is 9.68. The lowest BCUT2D eigenvalue weighted by Crippen LogP contribution is -2.30.